The van der Waals surface area contributed by atoms with Crippen LogP contribution in [0.1, 0.15) is 39.0 Å². The van der Waals surface area contributed by atoms with Crippen molar-refractivity contribution in [3.8, 4) is 0 Å². The maximum absolute atomic E-state index is 9.64. The van der Waals surface area contributed by atoms with Crippen LogP contribution in [0.15, 0.2) is 0 Å². The summed E-state index contributed by atoms with van der Waals surface area (Å²) in [6.45, 7) is 2.48. The molecule has 0 spiro atoms. The lowest BCUT2D eigenvalue weighted by atomic mass is 9.76. The minimum absolute atomic E-state index is 0.0464. The van der Waals surface area contributed by atoms with Gasteiger partial charge in [-0.15, -0.1) is 0 Å². The standard InChI is InChI=1S/C11H21NO2/c1-3-5-9-11(8-13)7-4-6-10(11)14-12(9)2/h9-10,13H,3-8H2,1-2H3/t9-,10+,11-/m0/s1. The highest BCUT2D eigenvalue weighted by Gasteiger charge is 2.56. The first-order chi connectivity index (χ1) is 6.74. The Morgan fingerprint density at radius 1 is 1.57 bits per heavy atom. The zero-order valence-electron chi connectivity index (χ0n) is 9.20. The second-order valence-electron chi connectivity index (χ2n) is 4.73. The molecule has 0 bridgehead atoms. The summed E-state index contributed by atoms with van der Waals surface area (Å²) in [5.74, 6) is 0. The van der Waals surface area contributed by atoms with Crippen LogP contribution in [-0.4, -0.2) is 36.0 Å². The van der Waals surface area contributed by atoms with Crippen LogP contribution in [0.5, 0.6) is 0 Å². The summed E-state index contributed by atoms with van der Waals surface area (Å²) in [5.41, 5.74) is 0.0464. The van der Waals surface area contributed by atoms with Crippen LogP contribution in [-0.2, 0) is 4.84 Å². The molecule has 1 aliphatic heterocycles. The minimum atomic E-state index is 0.0464. The molecule has 0 aromatic carbocycles. The molecule has 2 aliphatic rings. The second kappa shape index (κ2) is 3.80. The first-order valence-electron chi connectivity index (χ1n) is 5.75. The summed E-state index contributed by atoms with van der Waals surface area (Å²) < 4.78 is 0. The Morgan fingerprint density at radius 3 is 3.00 bits per heavy atom. The molecule has 1 saturated heterocycles. The summed E-state index contributed by atoms with van der Waals surface area (Å²) in [6, 6.07) is 0.421. The van der Waals surface area contributed by atoms with Gasteiger partial charge in [0.25, 0.3) is 0 Å². The van der Waals surface area contributed by atoms with Gasteiger partial charge in [0.05, 0.1) is 12.7 Å². The van der Waals surface area contributed by atoms with Gasteiger partial charge in [0.1, 0.15) is 0 Å². The van der Waals surface area contributed by atoms with Gasteiger partial charge in [-0.05, 0) is 25.7 Å². The van der Waals surface area contributed by atoms with E-state index in [1.807, 2.05) is 12.1 Å². The van der Waals surface area contributed by atoms with Crippen molar-refractivity contribution in [2.45, 2.75) is 51.2 Å². The molecule has 2 fully saturated rings. The van der Waals surface area contributed by atoms with E-state index in [-0.39, 0.29) is 18.1 Å². The highest BCUT2D eigenvalue weighted by atomic mass is 16.7. The molecule has 1 heterocycles. The third kappa shape index (κ3) is 1.30. The maximum atomic E-state index is 9.64. The molecule has 0 aromatic rings. The normalized spacial score (nSPS) is 43.1. The van der Waals surface area contributed by atoms with Crippen molar-refractivity contribution in [3.05, 3.63) is 0 Å². The largest absolute Gasteiger partial charge is 0.396 e. The quantitative estimate of drug-likeness (QED) is 0.748. The van der Waals surface area contributed by atoms with Crippen LogP contribution in [0.3, 0.4) is 0 Å². The SMILES string of the molecule is CCC[C@@H]1N(C)O[C@@H]2CCC[C@]12CO. The van der Waals surface area contributed by atoms with E-state index in [2.05, 4.69) is 6.92 Å². The predicted octanol–water partition coefficient (Wildman–Crippen LogP) is 1.56. The Bertz CT molecular complexity index is 209. The number of hydrogen-bond acceptors (Lipinski definition) is 3. The minimum Gasteiger partial charge on any atom is -0.396 e. The number of aliphatic hydroxyl groups excluding tert-OH is 1. The van der Waals surface area contributed by atoms with E-state index in [0.717, 1.165) is 25.7 Å². The van der Waals surface area contributed by atoms with E-state index >= 15 is 0 Å². The molecule has 1 aliphatic carbocycles. The van der Waals surface area contributed by atoms with Crippen LogP contribution >= 0.6 is 0 Å². The first-order valence-corrected chi connectivity index (χ1v) is 5.75. The van der Waals surface area contributed by atoms with E-state index in [0.29, 0.717) is 6.04 Å². The molecule has 3 nitrogen and oxygen atoms in total. The number of aliphatic hydroxyl groups is 1. The molecule has 2 rings (SSSR count). The Balaban J connectivity index is 2.19. The molecule has 1 saturated carbocycles. The fourth-order valence-electron chi connectivity index (χ4n) is 3.27. The van der Waals surface area contributed by atoms with Gasteiger partial charge < -0.3 is 5.11 Å². The van der Waals surface area contributed by atoms with E-state index in [1.54, 1.807) is 0 Å². The average Bonchev–Trinajstić information content (AvgIpc) is 2.67. The summed E-state index contributed by atoms with van der Waals surface area (Å²) >= 11 is 0. The van der Waals surface area contributed by atoms with E-state index in [4.69, 9.17) is 4.84 Å². The number of fused-ring (bicyclic) bond motifs is 1. The monoisotopic (exact) mass is 199 g/mol. The second-order valence-corrected chi connectivity index (χ2v) is 4.73. The van der Waals surface area contributed by atoms with Gasteiger partial charge in [0.2, 0.25) is 0 Å². The Kier molecular flexibility index (Phi) is 2.82. The summed E-state index contributed by atoms with van der Waals surface area (Å²) in [7, 11) is 2.01. The van der Waals surface area contributed by atoms with E-state index in [1.165, 1.54) is 6.42 Å². The smallest absolute Gasteiger partial charge is 0.0887 e. The predicted molar refractivity (Wildman–Crippen MR) is 54.7 cm³/mol. The van der Waals surface area contributed by atoms with Gasteiger partial charge in [0.15, 0.2) is 0 Å². The summed E-state index contributed by atoms with van der Waals surface area (Å²) in [4.78, 5) is 5.82. The van der Waals surface area contributed by atoms with E-state index < -0.39 is 0 Å². The fraction of sp³-hybridized carbons (Fsp3) is 1.00. The molecule has 0 aromatic heterocycles. The Morgan fingerprint density at radius 2 is 2.36 bits per heavy atom. The number of hydroxylamine groups is 2. The van der Waals surface area contributed by atoms with Gasteiger partial charge in [0, 0.05) is 18.5 Å². The average molecular weight is 199 g/mol. The topological polar surface area (TPSA) is 32.7 Å². The van der Waals surface area contributed by atoms with Crippen molar-refractivity contribution in [1.29, 1.82) is 0 Å². The third-order valence-electron chi connectivity index (χ3n) is 4.00. The highest BCUT2D eigenvalue weighted by Crippen LogP contribution is 2.50. The van der Waals surface area contributed by atoms with Gasteiger partial charge in [-0.1, -0.05) is 13.3 Å². The van der Waals surface area contributed by atoms with Gasteiger partial charge in [-0.3, -0.25) is 4.84 Å². The van der Waals surface area contributed by atoms with Gasteiger partial charge >= 0.3 is 0 Å². The highest BCUT2D eigenvalue weighted by molar-refractivity contribution is 5.03. The van der Waals surface area contributed by atoms with Crippen LogP contribution in [0, 0.1) is 5.41 Å². The number of hydrogen-bond donors (Lipinski definition) is 1. The zero-order valence-corrected chi connectivity index (χ0v) is 9.20. The molecule has 3 heteroatoms. The molecule has 1 N–H and O–H groups in total. The van der Waals surface area contributed by atoms with Crippen molar-refractivity contribution < 1.29 is 9.94 Å². The first kappa shape index (κ1) is 10.4. The molecule has 0 amide bonds. The number of nitrogens with zero attached hydrogens (tertiary/aromatic N) is 1. The molecule has 82 valence electrons. The van der Waals surface area contributed by atoms with E-state index in [9.17, 15) is 5.11 Å². The van der Waals surface area contributed by atoms with Crippen LogP contribution in [0.2, 0.25) is 0 Å². The van der Waals surface area contributed by atoms with Crippen molar-refractivity contribution in [2.75, 3.05) is 13.7 Å². The molecular weight excluding hydrogens is 178 g/mol. The van der Waals surface area contributed by atoms with Gasteiger partial charge in [-0.2, -0.15) is 5.06 Å². The summed E-state index contributed by atoms with van der Waals surface area (Å²) in [6.07, 6.45) is 6.02. The zero-order chi connectivity index (χ0) is 10.2. The number of rotatable bonds is 3. The molecule has 0 unspecified atom stereocenters. The van der Waals surface area contributed by atoms with Crippen molar-refractivity contribution in [1.82, 2.24) is 5.06 Å². The van der Waals surface area contributed by atoms with Crippen molar-refractivity contribution >= 4 is 0 Å². The molecule has 3 atom stereocenters. The Labute approximate surface area is 86.0 Å². The maximum Gasteiger partial charge on any atom is 0.0887 e. The Hall–Kier alpha value is -0.120. The molecular formula is C11H21NO2. The van der Waals surface area contributed by atoms with Crippen molar-refractivity contribution in [2.24, 2.45) is 5.41 Å². The lowest BCUT2D eigenvalue weighted by Crippen LogP contribution is -2.42. The molecule has 14 heavy (non-hydrogen) atoms. The van der Waals surface area contributed by atoms with Crippen LogP contribution in [0.4, 0.5) is 0 Å². The lowest BCUT2D eigenvalue weighted by molar-refractivity contribution is -0.145. The summed E-state index contributed by atoms with van der Waals surface area (Å²) in [5, 5.41) is 11.6. The molecule has 0 radical (unpaired) electrons. The van der Waals surface area contributed by atoms with Crippen LogP contribution in [0.25, 0.3) is 0 Å². The fourth-order valence-corrected chi connectivity index (χ4v) is 3.27. The van der Waals surface area contributed by atoms with Crippen LogP contribution < -0.4 is 0 Å². The van der Waals surface area contributed by atoms with Crippen molar-refractivity contribution in [3.63, 3.8) is 0 Å². The third-order valence-corrected chi connectivity index (χ3v) is 4.00. The lowest BCUT2D eigenvalue weighted by Gasteiger charge is -2.32. The van der Waals surface area contributed by atoms with Gasteiger partial charge in [-0.25, -0.2) is 0 Å².